The number of rotatable bonds is 6. The molecule has 0 saturated carbocycles. The summed E-state index contributed by atoms with van der Waals surface area (Å²) in [6.07, 6.45) is -0.628. The third-order valence-electron chi connectivity index (χ3n) is 2.55. The number of hydrogen-bond donors (Lipinski definition) is 1. The van der Waals surface area contributed by atoms with Crippen molar-refractivity contribution in [3.63, 3.8) is 0 Å². The standard InChI is InChI=1S/C13H18ClNO3/c1-3-15(8-9-16)13(17)10(2)18-12-7-5-4-6-11(12)14/h4-7,10,16H,3,8-9H2,1-2H3. The summed E-state index contributed by atoms with van der Waals surface area (Å²) in [6.45, 7) is 4.32. The van der Waals surface area contributed by atoms with Gasteiger partial charge in [0.05, 0.1) is 11.6 Å². The second kappa shape index (κ2) is 7.24. The highest BCUT2D eigenvalue weighted by atomic mass is 35.5. The van der Waals surface area contributed by atoms with Crippen molar-refractivity contribution in [2.75, 3.05) is 19.7 Å². The van der Waals surface area contributed by atoms with Crippen molar-refractivity contribution in [3.8, 4) is 5.75 Å². The molecule has 5 heteroatoms. The second-order valence-electron chi connectivity index (χ2n) is 3.83. The molecule has 0 radical (unpaired) electrons. The summed E-state index contributed by atoms with van der Waals surface area (Å²) in [5.41, 5.74) is 0. The fourth-order valence-corrected chi connectivity index (χ4v) is 1.76. The van der Waals surface area contributed by atoms with E-state index >= 15 is 0 Å². The van der Waals surface area contributed by atoms with Gasteiger partial charge < -0.3 is 14.7 Å². The zero-order valence-corrected chi connectivity index (χ0v) is 11.4. The van der Waals surface area contributed by atoms with Gasteiger partial charge in [-0.1, -0.05) is 23.7 Å². The first-order chi connectivity index (χ1) is 8.60. The highest BCUT2D eigenvalue weighted by Crippen LogP contribution is 2.24. The van der Waals surface area contributed by atoms with Gasteiger partial charge in [0.25, 0.3) is 5.91 Å². The van der Waals surface area contributed by atoms with E-state index < -0.39 is 6.10 Å². The molecule has 100 valence electrons. The number of para-hydroxylation sites is 1. The van der Waals surface area contributed by atoms with Crippen LogP contribution in [0.2, 0.25) is 5.02 Å². The molecule has 0 aliphatic carbocycles. The lowest BCUT2D eigenvalue weighted by atomic mass is 10.3. The second-order valence-corrected chi connectivity index (χ2v) is 4.24. The minimum Gasteiger partial charge on any atom is -0.479 e. The zero-order valence-electron chi connectivity index (χ0n) is 10.6. The Balaban J connectivity index is 2.67. The molecule has 0 saturated heterocycles. The molecular formula is C13H18ClNO3. The molecule has 4 nitrogen and oxygen atoms in total. The summed E-state index contributed by atoms with van der Waals surface area (Å²) in [4.78, 5) is 13.6. The summed E-state index contributed by atoms with van der Waals surface area (Å²) in [6, 6.07) is 7.02. The maximum absolute atomic E-state index is 12.0. The molecule has 0 aromatic heterocycles. The number of benzene rings is 1. The average Bonchev–Trinajstić information content (AvgIpc) is 2.37. The normalized spacial score (nSPS) is 12.0. The summed E-state index contributed by atoms with van der Waals surface area (Å²) in [5.74, 6) is 0.325. The molecule has 0 aliphatic rings. The van der Waals surface area contributed by atoms with Crippen LogP contribution >= 0.6 is 11.6 Å². The lowest BCUT2D eigenvalue weighted by molar-refractivity contribution is -0.138. The highest BCUT2D eigenvalue weighted by Gasteiger charge is 2.21. The largest absolute Gasteiger partial charge is 0.479 e. The van der Waals surface area contributed by atoms with E-state index in [0.717, 1.165) is 0 Å². The summed E-state index contributed by atoms with van der Waals surface area (Å²) >= 11 is 5.96. The summed E-state index contributed by atoms with van der Waals surface area (Å²) in [5, 5.41) is 9.35. The fourth-order valence-electron chi connectivity index (χ4n) is 1.58. The van der Waals surface area contributed by atoms with Crippen molar-refractivity contribution in [1.29, 1.82) is 0 Å². The Hall–Kier alpha value is -1.26. The van der Waals surface area contributed by atoms with Gasteiger partial charge in [0.2, 0.25) is 0 Å². The minimum absolute atomic E-state index is 0.0571. The van der Waals surface area contributed by atoms with Crippen LogP contribution in [0.1, 0.15) is 13.8 Å². The number of ether oxygens (including phenoxy) is 1. The van der Waals surface area contributed by atoms with Gasteiger partial charge in [0.15, 0.2) is 6.10 Å². The number of aliphatic hydroxyl groups is 1. The van der Waals surface area contributed by atoms with Gasteiger partial charge in [-0.25, -0.2) is 0 Å². The summed E-state index contributed by atoms with van der Waals surface area (Å²) in [7, 11) is 0. The van der Waals surface area contributed by atoms with Crippen LogP contribution < -0.4 is 4.74 Å². The smallest absolute Gasteiger partial charge is 0.263 e. The molecular weight excluding hydrogens is 254 g/mol. The Bertz CT molecular complexity index is 398. The molecule has 0 fully saturated rings. The van der Waals surface area contributed by atoms with Crippen LogP contribution in [0.4, 0.5) is 0 Å². The van der Waals surface area contributed by atoms with Crippen molar-refractivity contribution >= 4 is 17.5 Å². The molecule has 18 heavy (non-hydrogen) atoms. The Morgan fingerprint density at radius 3 is 2.72 bits per heavy atom. The quantitative estimate of drug-likeness (QED) is 0.860. The van der Waals surface area contributed by atoms with Gasteiger partial charge in [0.1, 0.15) is 5.75 Å². The lowest BCUT2D eigenvalue weighted by Gasteiger charge is -2.24. The third kappa shape index (κ3) is 3.89. The van der Waals surface area contributed by atoms with E-state index in [2.05, 4.69) is 0 Å². The van der Waals surface area contributed by atoms with Crippen LogP contribution in [0.25, 0.3) is 0 Å². The SMILES string of the molecule is CCN(CCO)C(=O)C(C)Oc1ccccc1Cl. The summed E-state index contributed by atoms with van der Waals surface area (Å²) < 4.78 is 5.53. The third-order valence-corrected chi connectivity index (χ3v) is 2.86. The monoisotopic (exact) mass is 271 g/mol. The molecule has 1 amide bonds. The average molecular weight is 272 g/mol. The molecule has 1 N–H and O–H groups in total. The van der Waals surface area contributed by atoms with Gasteiger partial charge in [-0.3, -0.25) is 4.79 Å². The first-order valence-corrected chi connectivity index (χ1v) is 6.28. The van der Waals surface area contributed by atoms with Gasteiger partial charge in [-0.05, 0) is 26.0 Å². The van der Waals surface area contributed by atoms with Crippen molar-refractivity contribution in [2.24, 2.45) is 0 Å². The fraction of sp³-hybridized carbons (Fsp3) is 0.462. The van der Waals surface area contributed by atoms with E-state index in [1.807, 2.05) is 6.92 Å². The van der Waals surface area contributed by atoms with Gasteiger partial charge in [-0.2, -0.15) is 0 Å². The van der Waals surface area contributed by atoms with E-state index in [9.17, 15) is 4.79 Å². The lowest BCUT2D eigenvalue weighted by Crippen LogP contribution is -2.41. The topological polar surface area (TPSA) is 49.8 Å². The number of hydrogen-bond acceptors (Lipinski definition) is 3. The predicted molar refractivity (Wildman–Crippen MR) is 70.9 cm³/mol. The molecule has 0 aliphatic heterocycles. The minimum atomic E-state index is -0.628. The Morgan fingerprint density at radius 2 is 2.17 bits per heavy atom. The highest BCUT2D eigenvalue weighted by molar-refractivity contribution is 6.32. The number of carbonyl (C=O) groups is 1. The van der Waals surface area contributed by atoms with E-state index in [1.54, 1.807) is 36.1 Å². The zero-order chi connectivity index (χ0) is 13.5. The van der Waals surface area contributed by atoms with Crippen molar-refractivity contribution in [1.82, 2.24) is 4.90 Å². The Kier molecular flexibility index (Phi) is 5.95. The molecule has 0 bridgehead atoms. The van der Waals surface area contributed by atoms with Crippen molar-refractivity contribution < 1.29 is 14.6 Å². The van der Waals surface area contributed by atoms with E-state index in [0.29, 0.717) is 23.9 Å². The molecule has 1 aromatic carbocycles. The van der Waals surface area contributed by atoms with Crippen LogP contribution in [-0.4, -0.2) is 41.7 Å². The molecule has 0 spiro atoms. The number of likely N-dealkylation sites (N-methyl/N-ethyl adjacent to an activating group) is 1. The van der Waals surface area contributed by atoms with Crippen LogP contribution in [-0.2, 0) is 4.79 Å². The van der Waals surface area contributed by atoms with Crippen molar-refractivity contribution in [3.05, 3.63) is 29.3 Å². The van der Waals surface area contributed by atoms with Crippen LogP contribution in [0, 0.1) is 0 Å². The first kappa shape index (κ1) is 14.8. The molecule has 0 heterocycles. The molecule has 1 atom stereocenters. The number of amides is 1. The molecule has 1 unspecified atom stereocenters. The number of halogens is 1. The van der Waals surface area contributed by atoms with Crippen LogP contribution in [0.15, 0.2) is 24.3 Å². The van der Waals surface area contributed by atoms with E-state index in [1.165, 1.54) is 0 Å². The molecule has 1 rings (SSSR count). The van der Waals surface area contributed by atoms with Crippen LogP contribution in [0.5, 0.6) is 5.75 Å². The van der Waals surface area contributed by atoms with Gasteiger partial charge >= 0.3 is 0 Å². The first-order valence-electron chi connectivity index (χ1n) is 5.91. The number of nitrogens with zero attached hydrogens (tertiary/aromatic N) is 1. The Morgan fingerprint density at radius 1 is 1.50 bits per heavy atom. The van der Waals surface area contributed by atoms with Gasteiger partial charge in [-0.15, -0.1) is 0 Å². The molecule has 1 aromatic rings. The van der Waals surface area contributed by atoms with E-state index in [-0.39, 0.29) is 12.5 Å². The maximum Gasteiger partial charge on any atom is 0.263 e. The maximum atomic E-state index is 12.0. The van der Waals surface area contributed by atoms with Crippen molar-refractivity contribution in [2.45, 2.75) is 20.0 Å². The number of aliphatic hydroxyl groups excluding tert-OH is 1. The van der Waals surface area contributed by atoms with Gasteiger partial charge in [0, 0.05) is 13.1 Å². The van der Waals surface area contributed by atoms with E-state index in [4.69, 9.17) is 21.4 Å². The Labute approximate surface area is 112 Å². The number of carbonyl (C=O) groups excluding carboxylic acids is 1. The predicted octanol–water partition coefficient (Wildman–Crippen LogP) is 1.95. The van der Waals surface area contributed by atoms with Crippen LogP contribution in [0.3, 0.4) is 0 Å².